The Morgan fingerprint density at radius 1 is 1.46 bits per heavy atom. The van der Waals surface area contributed by atoms with E-state index in [1.165, 1.54) is 12.1 Å². The van der Waals surface area contributed by atoms with Gasteiger partial charge < -0.3 is 11.1 Å². The molecule has 4 heteroatoms. The summed E-state index contributed by atoms with van der Waals surface area (Å²) in [6, 6.07) is 3.22. The van der Waals surface area contributed by atoms with Crippen LogP contribution >= 0.6 is 0 Å². The molecule has 0 radical (unpaired) electrons. The maximum absolute atomic E-state index is 13.1. The molecule has 0 heterocycles. The fourth-order valence-corrected chi connectivity index (χ4v) is 1.18. The average molecular weight is 186 g/mol. The number of halogens is 2. The van der Waals surface area contributed by atoms with E-state index in [-0.39, 0.29) is 12.6 Å². The zero-order valence-corrected chi connectivity index (χ0v) is 7.35. The molecule has 1 aromatic rings. The van der Waals surface area contributed by atoms with Crippen LogP contribution in [0.5, 0.6) is 0 Å². The van der Waals surface area contributed by atoms with Crippen LogP contribution in [0.4, 0.5) is 8.78 Å². The van der Waals surface area contributed by atoms with Crippen LogP contribution in [0.15, 0.2) is 18.2 Å². The van der Waals surface area contributed by atoms with Gasteiger partial charge in [0.1, 0.15) is 11.6 Å². The van der Waals surface area contributed by atoms with E-state index in [1.54, 1.807) is 7.05 Å². The zero-order chi connectivity index (χ0) is 9.84. The number of rotatable bonds is 3. The van der Waals surface area contributed by atoms with Crippen molar-refractivity contribution in [3.63, 3.8) is 0 Å². The van der Waals surface area contributed by atoms with E-state index >= 15 is 0 Å². The largest absolute Gasteiger partial charge is 0.329 e. The maximum atomic E-state index is 13.1. The van der Waals surface area contributed by atoms with Gasteiger partial charge in [0.15, 0.2) is 0 Å². The van der Waals surface area contributed by atoms with E-state index in [0.29, 0.717) is 5.56 Å². The number of benzene rings is 1. The maximum Gasteiger partial charge on any atom is 0.130 e. The second-order valence-corrected chi connectivity index (χ2v) is 2.74. The minimum atomic E-state index is -0.576. The Labute approximate surface area is 75.7 Å². The van der Waals surface area contributed by atoms with Crippen LogP contribution in [0, 0.1) is 11.6 Å². The molecule has 0 aliphatic rings. The van der Waals surface area contributed by atoms with Crippen LogP contribution in [-0.2, 0) is 0 Å². The third-order valence-corrected chi connectivity index (χ3v) is 1.92. The summed E-state index contributed by atoms with van der Waals surface area (Å²) in [5.74, 6) is -1.14. The lowest BCUT2D eigenvalue weighted by molar-refractivity contribution is 0.528. The van der Waals surface area contributed by atoms with Crippen molar-refractivity contribution >= 4 is 0 Å². The summed E-state index contributed by atoms with van der Waals surface area (Å²) in [5.41, 5.74) is 5.79. The first-order valence-corrected chi connectivity index (χ1v) is 4.01. The van der Waals surface area contributed by atoms with Gasteiger partial charge in [0.25, 0.3) is 0 Å². The summed E-state index contributed by atoms with van der Waals surface area (Å²) >= 11 is 0. The van der Waals surface area contributed by atoms with E-state index in [9.17, 15) is 8.78 Å². The van der Waals surface area contributed by atoms with Crippen LogP contribution < -0.4 is 11.1 Å². The Morgan fingerprint density at radius 3 is 2.62 bits per heavy atom. The van der Waals surface area contributed by atoms with E-state index in [4.69, 9.17) is 5.73 Å². The third-order valence-electron chi connectivity index (χ3n) is 1.92. The number of nitrogens with one attached hydrogen (secondary N) is 1. The molecule has 0 bridgehead atoms. The molecule has 0 saturated carbocycles. The summed E-state index contributed by atoms with van der Waals surface area (Å²) in [4.78, 5) is 0. The third kappa shape index (κ3) is 2.23. The molecule has 0 aliphatic heterocycles. The van der Waals surface area contributed by atoms with Crippen LogP contribution in [-0.4, -0.2) is 13.6 Å². The Kier molecular flexibility index (Phi) is 3.33. The van der Waals surface area contributed by atoms with E-state index in [2.05, 4.69) is 5.32 Å². The molecule has 0 spiro atoms. The predicted molar refractivity (Wildman–Crippen MR) is 47.2 cm³/mol. The molecule has 0 aromatic heterocycles. The normalized spacial score (nSPS) is 12.9. The molecular weight excluding hydrogens is 174 g/mol. The van der Waals surface area contributed by atoms with Crippen molar-refractivity contribution in [1.82, 2.24) is 5.32 Å². The fourth-order valence-electron chi connectivity index (χ4n) is 1.18. The lowest BCUT2D eigenvalue weighted by Crippen LogP contribution is -2.25. The van der Waals surface area contributed by atoms with Crippen LogP contribution in [0.1, 0.15) is 11.6 Å². The van der Waals surface area contributed by atoms with Crippen molar-refractivity contribution < 1.29 is 8.78 Å². The minimum Gasteiger partial charge on any atom is -0.329 e. The molecule has 1 aromatic carbocycles. The summed E-state index contributed by atoms with van der Waals surface area (Å²) in [7, 11) is 1.68. The van der Waals surface area contributed by atoms with Crippen molar-refractivity contribution in [2.75, 3.05) is 13.6 Å². The molecule has 1 atom stereocenters. The highest BCUT2D eigenvalue weighted by atomic mass is 19.1. The van der Waals surface area contributed by atoms with Gasteiger partial charge in [-0.1, -0.05) is 6.07 Å². The first kappa shape index (κ1) is 10.1. The van der Waals surface area contributed by atoms with E-state index < -0.39 is 11.6 Å². The molecule has 0 aliphatic carbocycles. The highest BCUT2D eigenvalue weighted by molar-refractivity contribution is 5.22. The van der Waals surface area contributed by atoms with Crippen molar-refractivity contribution in [3.05, 3.63) is 35.4 Å². The number of likely N-dealkylation sites (N-methyl/N-ethyl adjacent to an activating group) is 1. The lowest BCUT2D eigenvalue weighted by Gasteiger charge is -2.14. The van der Waals surface area contributed by atoms with Gasteiger partial charge in [0, 0.05) is 24.2 Å². The molecular formula is C9H12F2N2. The van der Waals surface area contributed by atoms with E-state index in [1.807, 2.05) is 0 Å². The molecule has 0 saturated heterocycles. The predicted octanol–water partition coefficient (Wildman–Crippen LogP) is 1.18. The van der Waals surface area contributed by atoms with Crippen molar-refractivity contribution in [2.45, 2.75) is 6.04 Å². The quantitative estimate of drug-likeness (QED) is 0.744. The van der Waals surface area contributed by atoms with Crippen LogP contribution in [0.3, 0.4) is 0 Å². The first-order chi connectivity index (χ1) is 6.19. The van der Waals surface area contributed by atoms with E-state index in [0.717, 1.165) is 6.07 Å². The molecule has 0 unspecified atom stereocenters. The lowest BCUT2D eigenvalue weighted by atomic mass is 10.1. The smallest absolute Gasteiger partial charge is 0.130 e. The molecule has 13 heavy (non-hydrogen) atoms. The second kappa shape index (κ2) is 4.30. The Balaban J connectivity index is 2.99. The molecule has 0 fully saturated rings. The van der Waals surface area contributed by atoms with Gasteiger partial charge in [-0.2, -0.15) is 0 Å². The van der Waals surface area contributed by atoms with Crippen LogP contribution in [0.2, 0.25) is 0 Å². The SMILES string of the molecule is CN[C@@H](CN)c1ccc(F)cc1F. The molecule has 3 N–H and O–H groups in total. The summed E-state index contributed by atoms with van der Waals surface area (Å²) in [6.07, 6.45) is 0. The highest BCUT2D eigenvalue weighted by Crippen LogP contribution is 2.16. The number of nitrogens with two attached hydrogens (primary N) is 1. The topological polar surface area (TPSA) is 38.0 Å². The molecule has 2 nitrogen and oxygen atoms in total. The van der Waals surface area contributed by atoms with Gasteiger partial charge in [0.05, 0.1) is 0 Å². The number of hydrogen-bond acceptors (Lipinski definition) is 2. The molecule has 0 amide bonds. The van der Waals surface area contributed by atoms with Gasteiger partial charge in [-0.05, 0) is 13.1 Å². The highest BCUT2D eigenvalue weighted by Gasteiger charge is 2.12. The summed E-state index contributed by atoms with van der Waals surface area (Å²) in [5, 5.41) is 2.84. The summed E-state index contributed by atoms with van der Waals surface area (Å²) < 4.78 is 25.7. The van der Waals surface area contributed by atoms with Crippen molar-refractivity contribution in [1.29, 1.82) is 0 Å². The number of hydrogen-bond donors (Lipinski definition) is 2. The van der Waals surface area contributed by atoms with Gasteiger partial charge >= 0.3 is 0 Å². The monoisotopic (exact) mass is 186 g/mol. The average Bonchev–Trinajstić information content (AvgIpc) is 2.10. The van der Waals surface area contributed by atoms with Gasteiger partial charge in [-0.25, -0.2) is 8.78 Å². The van der Waals surface area contributed by atoms with Crippen LogP contribution in [0.25, 0.3) is 0 Å². The van der Waals surface area contributed by atoms with Gasteiger partial charge in [-0.3, -0.25) is 0 Å². The second-order valence-electron chi connectivity index (χ2n) is 2.74. The molecule has 72 valence electrons. The first-order valence-electron chi connectivity index (χ1n) is 4.01. The summed E-state index contributed by atoms with van der Waals surface area (Å²) in [6.45, 7) is 0.277. The molecule has 1 rings (SSSR count). The van der Waals surface area contributed by atoms with Gasteiger partial charge in [0.2, 0.25) is 0 Å². The fraction of sp³-hybridized carbons (Fsp3) is 0.333. The van der Waals surface area contributed by atoms with Crippen molar-refractivity contribution in [2.24, 2.45) is 5.73 Å². The standard InChI is InChI=1S/C9H12F2N2/c1-13-9(5-12)7-3-2-6(10)4-8(7)11/h2-4,9,13H,5,12H2,1H3/t9-/m0/s1. The Morgan fingerprint density at radius 2 is 2.15 bits per heavy atom. The zero-order valence-electron chi connectivity index (χ0n) is 7.35. The Bertz CT molecular complexity index is 285. The Hall–Kier alpha value is -1.00. The van der Waals surface area contributed by atoms with Crippen molar-refractivity contribution in [3.8, 4) is 0 Å². The van der Waals surface area contributed by atoms with Gasteiger partial charge in [-0.15, -0.1) is 0 Å². The minimum absolute atomic E-state index is 0.263.